The van der Waals surface area contributed by atoms with Crippen molar-refractivity contribution in [2.45, 2.75) is 12.2 Å². The minimum atomic E-state index is -3.58. The molecular formula is C6H8FNO6. The van der Waals surface area contributed by atoms with E-state index in [2.05, 4.69) is 9.47 Å². The van der Waals surface area contributed by atoms with Gasteiger partial charge in [-0.25, -0.2) is 4.79 Å². The smallest absolute Gasteiger partial charge is 0.464 e. The van der Waals surface area contributed by atoms with Crippen LogP contribution in [0.15, 0.2) is 0 Å². The Kier molecular flexibility index (Phi) is 3.94. The molecule has 0 radical (unpaired) electrons. The number of hydrogen-bond acceptors (Lipinski definition) is 6. The topological polar surface area (TPSA) is 95.7 Å². The molecule has 0 aromatic carbocycles. The summed E-state index contributed by atoms with van der Waals surface area (Å²) in [5, 5.41) is 10.2. The van der Waals surface area contributed by atoms with Crippen molar-refractivity contribution in [1.29, 1.82) is 0 Å². The van der Waals surface area contributed by atoms with Crippen LogP contribution in [-0.2, 0) is 19.1 Å². The van der Waals surface area contributed by atoms with Crippen molar-refractivity contribution in [3.05, 3.63) is 10.1 Å². The van der Waals surface area contributed by atoms with Crippen LogP contribution in [0.3, 0.4) is 0 Å². The molecule has 8 heteroatoms. The first-order chi connectivity index (χ1) is 6.38. The lowest BCUT2D eigenvalue weighted by Crippen LogP contribution is -2.44. The number of ether oxygens (including phenoxy) is 2. The molecule has 7 nitrogen and oxygen atoms in total. The number of methoxy groups -OCH3 is 2. The van der Waals surface area contributed by atoms with Crippen LogP contribution >= 0.6 is 0 Å². The molecule has 1 atom stereocenters. The Balaban J connectivity index is 4.82. The fourth-order valence-electron chi connectivity index (χ4n) is 0.631. The molecule has 0 aromatic rings. The SMILES string of the molecule is COC(=O)CC(F)(C(=O)OC)[N+](=O)[O-]. The highest BCUT2D eigenvalue weighted by molar-refractivity contribution is 5.83. The molecule has 0 bridgehead atoms. The monoisotopic (exact) mass is 209 g/mol. The zero-order chi connectivity index (χ0) is 11.4. The van der Waals surface area contributed by atoms with Gasteiger partial charge in [-0.2, -0.15) is 4.39 Å². The maximum Gasteiger partial charge on any atom is 0.464 e. The molecule has 0 fully saturated rings. The van der Waals surface area contributed by atoms with Gasteiger partial charge in [0.05, 0.1) is 19.1 Å². The van der Waals surface area contributed by atoms with Crippen LogP contribution < -0.4 is 0 Å². The number of alkyl halides is 1. The summed E-state index contributed by atoms with van der Waals surface area (Å²) in [6.07, 6.45) is -1.32. The Hall–Kier alpha value is -1.73. The summed E-state index contributed by atoms with van der Waals surface area (Å²) in [6.45, 7) is 0. The molecule has 0 saturated heterocycles. The third kappa shape index (κ3) is 2.38. The molecule has 0 heterocycles. The fourth-order valence-corrected chi connectivity index (χ4v) is 0.631. The molecule has 0 amide bonds. The molecule has 0 aliphatic rings. The van der Waals surface area contributed by atoms with E-state index >= 15 is 0 Å². The summed E-state index contributed by atoms with van der Waals surface area (Å²) in [5.74, 6) is -6.54. The molecule has 0 rings (SSSR count). The highest BCUT2D eigenvalue weighted by atomic mass is 19.1. The van der Waals surface area contributed by atoms with Crippen molar-refractivity contribution in [3.63, 3.8) is 0 Å². The highest BCUT2D eigenvalue weighted by Crippen LogP contribution is 2.19. The van der Waals surface area contributed by atoms with Crippen molar-refractivity contribution in [3.8, 4) is 0 Å². The standard InChI is InChI=1S/C6H8FNO6/c1-13-4(9)3-6(7,8(11)12)5(10)14-2/h3H2,1-2H3. The molecular weight excluding hydrogens is 201 g/mol. The molecule has 14 heavy (non-hydrogen) atoms. The van der Waals surface area contributed by atoms with Crippen molar-refractivity contribution in [1.82, 2.24) is 0 Å². The number of carbonyl (C=O) groups is 2. The molecule has 0 N–H and O–H groups in total. The average Bonchev–Trinajstić information content (AvgIpc) is 2.15. The van der Waals surface area contributed by atoms with Gasteiger partial charge >= 0.3 is 17.7 Å². The summed E-state index contributed by atoms with van der Waals surface area (Å²) in [5.41, 5.74) is 0. The lowest BCUT2D eigenvalue weighted by molar-refractivity contribution is -0.588. The third-order valence-electron chi connectivity index (χ3n) is 1.39. The Morgan fingerprint density at radius 2 is 1.93 bits per heavy atom. The second-order valence-corrected chi connectivity index (χ2v) is 2.26. The third-order valence-corrected chi connectivity index (χ3v) is 1.39. The van der Waals surface area contributed by atoms with Crippen LogP contribution in [0.25, 0.3) is 0 Å². The van der Waals surface area contributed by atoms with Gasteiger partial charge in [0, 0.05) is 0 Å². The summed E-state index contributed by atoms with van der Waals surface area (Å²) in [6, 6.07) is 0. The summed E-state index contributed by atoms with van der Waals surface area (Å²) in [4.78, 5) is 29.9. The van der Waals surface area contributed by atoms with Gasteiger partial charge < -0.3 is 9.47 Å². The van der Waals surface area contributed by atoms with Crippen molar-refractivity contribution < 1.29 is 28.4 Å². The first kappa shape index (κ1) is 12.3. The van der Waals surface area contributed by atoms with Gasteiger partial charge in [-0.15, -0.1) is 0 Å². The predicted molar refractivity (Wildman–Crippen MR) is 39.5 cm³/mol. The normalized spacial score (nSPS) is 13.9. The van der Waals surface area contributed by atoms with Gasteiger partial charge in [0.2, 0.25) is 0 Å². The largest absolute Gasteiger partial charge is 0.469 e. The Morgan fingerprint density at radius 1 is 1.43 bits per heavy atom. The quantitative estimate of drug-likeness (QED) is 0.272. The number of nitro groups is 1. The maximum absolute atomic E-state index is 13.3. The molecule has 0 saturated carbocycles. The lowest BCUT2D eigenvalue weighted by Gasteiger charge is -2.12. The zero-order valence-electron chi connectivity index (χ0n) is 7.48. The number of rotatable bonds is 4. The second-order valence-electron chi connectivity index (χ2n) is 2.26. The van der Waals surface area contributed by atoms with Gasteiger partial charge in [-0.1, -0.05) is 0 Å². The molecule has 0 aliphatic heterocycles. The van der Waals surface area contributed by atoms with E-state index in [1.807, 2.05) is 0 Å². The Labute approximate surface area is 77.9 Å². The van der Waals surface area contributed by atoms with E-state index in [1.54, 1.807) is 0 Å². The van der Waals surface area contributed by atoms with E-state index in [4.69, 9.17) is 0 Å². The van der Waals surface area contributed by atoms with Crippen LogP contribution in [0.5, 0.6) is 0 Å². The van der Waals surface area contributed by atoms with Gasteiger partial charge in [-0.05, 0) is 0 Å². The Bertz CT molecular complexity index is 267. The van der Waals surface area contributed by atoms with E-state index in [9.17, 15) is 24.1 Å². The van der Waals surface area contributed by atoms with E-state index < -0.39 is 29.1 Å². The minimum Gasteiger partial charge on any atom is -0.469 e. The highest BCUT2D eigenvalue weighted by Gasteiger charge is 2.55. The van der Waals surface area contributed by atoms with E-state index in [0.717, 1.165) is 14.2 Å². The predicted octanol–water partition coefficient (Wildman–Crippen LogP) is -0.335. The number of nitrogens with zero attached hydrogens (tertiary/aromatic N) is 1. The summed E-state index contributed by atoms with van der Waals surface area (Å²) < 4.78 is 21.1. The van der Waals surface area contributed by atoms with E-state index in [1.165, 1.54) is 0 Å². The number of hydrogen-bond donors (Lipinski definition) is 0. The van der Waals surface area contributed by atoms with E-state index in [-0.39, 0.29) is 0 Å². The second kappa shape index (κ2) is 4.49. The molecule has 0 spiro atoms. The summed E-state index contributed by atoms with van der Waals surface area (Å²) in [7, 11) is 1.69. The minimum absolute atomic E-state index is 0.775. The van der Waals surface area contributed by atoms with Crippen molar-refractivity contribution >= 4 is 11.9 Å². The first-order valence-corrected chi connectivity index (χ1v) is 3.37. The van der Waals surface area contributed by atoms with Gasteiger partial charge in [-0.3, -0.25) is 14.9 Å². The maximum atomic E-state index is 13.3. The number of carbonyl (C=O) groups excluding carboxylic acids is 2. The zero-order valence-corrected chi connectivity index (χ0v) is 7.48. The molecule has 80 valence electrons. The summed E-state index contributed by atoms with van der Waals surface area (Å²) >= 11 is 0. The van der Waals surface area contributed by atoms with Crippen LogP contribution in [0.1, 0.15) is 6.42 Å². The van der Waals surface area contributed by atoms with Gasteiger partial charge in [0.25, 0.3) is 0 Å². The van der Waals surface area contributed by atoms with Crippen molar-refractivity contribution in [2.75, 3.05) is 14.2 Å². The molecule has 0 aliphatic carbocycles. The Morgan fingerprint density at radius 3 is 2.21 bits per heavy atom. The van der Waals surface area contributed by atoms with Crippen LogP contribution in [0.2, 0.25) is 0 Å². The number of halogens is 1. The van der Waals surface area contributed by atoms with Gasteiger partial charge in [0.15, 0.2) is 6.42 Å². The molecule has 0 aromatic heterocycles. The average molecular weight is 209 g/mol. The van der Waals surface area contributed by atoms with Gasteiger partial charge in [0.1, 0.15) is 0 Å². The fraction of sp³-hybridized carbons (Fsp3) is 0.667. The van der Waals surface area contributed by atoms with Crippen LogP contribution in [0, 0.1) is 10.1 Å². The lowest BCUT2D eigenvalue weighted by atomic mass is 10.2. The first-order valence-electron chi connectivity index (χ1n) is 3.37. The van der Waals surface area contributed by atoms with Crippen LogP contribution in [0.4, 0.5) is 4.39 Å². The van der Waals surface area contributed by atoms with Crippen molar-refractivity contribution in [2.24, 2.45) is 0 Å². The van der Waals surface area contributed by atoms with E-state index in [0.29, 0.717) is 0 Å². The van der Waals surface area contributed by atoms with Crippen LogP contribution in [-0.4, -0.2) is 36.9 Å². The number of esters is 2. The molecule has 1 unspecified atom stereocenters.